The number of aliphatic hydroxyl groups is 1. The molecule has 0 aromatic heterocycles. The van der Waals surface area contributed by atoms with E-state index in [0.717, 1.165) is 5.56 Å². The van der Waals surface area contributed by atoms with Gasteiger partial charge in [-0.3, -0.25) is 0 Å². The topological polar surface area (TPSA) is 56.0 Å². The number of hydrogen-bond acceptors (Lipinski definition) is 3. The van der Waals surface area contributed by atoms with E-state index < -0.39 is 11.9 Å². The molecule has 2 aromatic rings. The van der Waals surface area contributed by atoms with Gasteiger partial charge in [-0.1, -0.05) is 29.8 Å². The molecule has 2 N–H and O–H groups in total. The highest BCUT2D eigenvalue weighted by atomic mass is 35.5. The number of nitriles is 1. The average molecular weight is 319 g/mol. The fourth-order valence-electron chi connectivity index (χ4n) is 2.23. The van der Waals surface area contributed by atoms with Gasteiger partial charge in [0.15, 0.2) is 0 Å². The molecule has 0 bridgehead atoms. The first kappa shape index (κ1) is 16.4. The fraction of sp³-hybridized carbons (Fsp3) is 0.235. The summed E-state index contributed by atoms with van der Waals surface area (Å²) < 4.78 is 13.5. The van der Waals surface area contributed by atoms with Crippen molar-refractivity contribution in [3.8, 4) is 6.07 Å². The average Bonchev–Trinajstić information content (AvgIpc) is 2.55. The predicted molar refractivity (Wildman–Crippen MR) is 83.9 cm³/mol. The van der Waals surface area contributed by atoms with Crippen molar-refractivity contribution >= 4 is 11.6 Å². The van der Waals surface area contributed by atoms with Crippen LogP contribution in [0.15, 0.2) is 42.5 Å². The lowest BCUT2D eigenvalue weighted by Crippen LogP contribution is -2.27. The van der Waals surface area contributed by atoms with Gasteiger partial charge in [0.25, 0.3) is 0 Å². The van der Waals surface area contributed by atoms with Gasteiger partial charge in [-0.25, -0.2) is 4.39 Å². The SMILES string of the molecule is CC(NC(CO)c1ccc(Cl)c(F)c1)c1ccc(C#N)cc1. The molecule has 0 spiro atoms. The summed E-state index contributed by atoms with van der Waals surface area (Å²) in [5.74, 6) is -0.509. The van der Waals surface area contributed by atoms with Gasteiger partial charge in [0, 0.05) is 6.04 Å². The Bertz CT molecular complexity index is 682. The second kappa shape index (κ2) is 7.37. The predicted octanol–water partition coefficient (Wildman–Crippen LogP) is 3.73. The molecule has 0 amide bonds. The van der Waals surface area contributed by atoms with E-state index in [9.17, 15) is 9.50 Å². The van der Waals surface area contributed by atoms with Crippen LogP contribution < -0.4 is 5.32 Å². The number of benzene rings is 2. The third-order valence-electron chi connectivity index (χ3n) is 3.52. The van der Waals surface area contributed by atoms with E-state index in [-0.39, 0.29) is 17.7 Å². The molecule has 3 nitrogen and oxygen atoms in total. The Morgan fingerprint density at radius 1 is 1.23 bits per heavy atom. The molecule has 5 heteroatoms. The molecular weight excluding hydrogens is 303 g/mol. The summed E-state index contributed by atoms with van der Waals surface area (Å²) in [4.78, 5) is 0. The standard InChI is InChI=1S/C17H16ClFN2O/c1-11(13-4-2-12(9-20)3-5-13)21-17(10-22)14-6-7-15(18)16(19)8-14/h2-8,11,17,21-22H,10H2,1H3. The van der Waals surface area contributed by atoms with Gasteiger partial charge in [-0.15, -0.1) is 0 Å². The van der Waals surface area contributed by atoms with Crippen LogP contribution in [0, 0.1) is 17.1 Å². The Balaban J connectivity index is 2.14. The Morgan fingerprint density at radius 2 is 1.86 bits per heavy atom. The van der Waals surface area contributed by atoms with Crippen LogP contribution in [-0.4, -0.2) is 11.7 Å². The lowest BCUT2D eigenvalue weighted by molar-refractivity contribution is 0.235. The molecule has 0 aliphatic rings. The van der Waals surface area contributed by atoms with Gasteiger partial charge in [-0.2, -0.15) is 5.26 Å². The van der Waals surface area contributed by atoms with Crippen molar-refractivity contribution in [1.29, 1.82) is 5.26 Å². The summed E-state index contributed by atoms with van der Waals surface area (Å²) in [5.41, 5.74) is 2.20. The van der Waals surface area contributed by atoms with Crippen molar-refractivity contribution in [2.45, 2.75) is 19.0 Å². The van der Waals surface area contributed by atoms with Gasteiger partial charge in [0.1, 0.15) is 5.82 Å². The largest absolute Gasteiger partial charge is 0.394 e. The summed E-state index contributed by atoms with van der Waals surface area (Å²) in [6.45, 7) is 1.78. The third-order valence-corrected chi connectivity index (χ3v) is 3.83. The molecule has 0 fully saturated rings. The van der Waals surface area contributed by atoms with Crippen molar-refractivity contribution in [3.63, 3.8) is 0 Å². The minimum absolute atomic E-state index is 0.0561. The Morgan fingerprint density at radius 3 is 2.41 bits per heavy atom. The second-order valence-corrected chi connectivity index (χ2v) is 5.44. The Hall–Kier alpha value is -1.93. The number of rotatable bonds is 5. The summed E-state index contributed by atoms with van der Waals surface area (Å²) in [5, 5.41) is 21.7. The van der Waals surface area contributed by atoms with Crippen LogP contribution in [0.2, 0.25) is 5.02 Å². The summed E-state index contributed by atoms with van der Waals surface area (Å²) in [7, 11) is 0. The Labute approximate surface area is 134 Å². The minimum atomic E-state index is -0.509. The zero-order chi connectivity index (χ0) is 16.1. The molecule has 114 valence electrons. The van der Waals surface area contributed by atoms with Crippen LogP contribution in [0.3, 0.4) is 0 Å². The number of nitrogens with one attached hydrogen (secondary N) is 1. The zero-order valence-electron chi connectivity index (χ0n) is 12.1. The molecular formula is C17H16ClFN2O. The summed E-state index contributed by atoms with van der Waals surface area (Å²) in [6, 6.07) is 13.3. The smallest absolute Gasteiger partial charge is 0.142 e. The molecule has 2 unspecified atom stereocenters. The number of nitrogens with zero attached hydrogens (tertiary/aromatic N) is 1. The van der Waals surface area contributed by atoms with Crippen LogP contribution in [-0.2, 0) is 0 Å². The van der Waals surface area contributed by atoms with Crippen molar-refractivity contribution in [2.24, 2.45) is 0 Å². The number of hydrogen-bond donors (Lipinski definition) is 2. The van der Waals surface area contributed by atoms with Gasteiger partial charge in [-0.05, 0) is 42.3 Å². The quantitative estimate of drug-likeness (QED) is 0.883. The maximum atomic E-state index is 13.5. The lowest BCUT2D eigenvalue weighted by atomic mass is 10.0. The van der Waals surface area contributed by atoms with E-state index in [1.807, 2.05) is 19.1 Å². The normalized spacial score (nSPS) is 13.4. The van der Waals surface area contributed by atoms with Crippen LogP contribution in [0.4, 0.5) is 4.39 Å². The van der Waals surface area contributed by atoms with Gasteiger partial charge >= 0.3 is 0 Å². The van der Waals surface area contributed by atoms with E-state index in [1.54, 1.807) is 18.2 Å². The van der Waals surface area contributed by atoms with E-state index in [4.69, 9.17) is 16.9 Å². The van der Waals surface area contributed by atoms with Crippen LogP contribution in [0.5, 0.6) is 0 Å². The van der Waals surface area contributed by atoms with Gasteiger partial charge in [0.05, 0.1) is 29.3 Å². The minimum Gasteiger partial charge on any atom is -0.394 e. The van der Waals surface area contributed by atoms with Crippen molar-refractivity contribution < 1.29 is 9.50 Å². The molecule has 0 heterocycles. The highest BCUT2D eigenvalue weighted by Gasteiger charge is 2.16. The first-order valence-electron chi connectivity index (χ1n) is 6.87. The fourth-order valence-corrected chi connectivity index (χ4v) is 2.35. The van der Waals surface area contributed by atoms with Crippen molar-refractivity contribution in [1.82, 2.24) is 5.32 Å². The molecule has 0 radical (unpaired) electrons. The molecule has 2 atom stereocenters. The lowest BCUT2D eigenvalue weighted by Gasteiger charge is -2.22. The molecule has 2 aromatic carbocycles. The van der Waals surface area contributed by atoms with E-state index >= 15 is 0 Å². The highest BCUT2D eigenvalue weighted by Crippen LogP contribution is 2.23. The molecule has 0 aliphatic carbocycles. The molecule has 0 aliphatic heterocycles. The van der Waals surface area contributed by atoms with Crippen LogP contribution >= 0.6 is 11.6 Å². The van der Waals surface area contributed by atoms with Crippen molar-refractivity contribution in [3.05, 3.63) is 70.0 Å². The van der Waals surface area contributed by atoms with Crippen molar-refractivity contribution in [2.75, 3.05) is 6.61 Å². The maximum Gasteiger partial charge on any atom is 0.142 e. The van der Waals surface area contributed by atoms with Crippen LogP contribution in [0.1, 0.15) is 35.7 Å². The van der Waals surface area contributed by atoms with Crippen LogP contribution in [0.25, 0.3) is 0 Å². The zero-order valence-corrected chi connectivity index (χ0v) is 12.8. The first-order chi connectivity index (χ1) is 10.5. The third kappa shape index (κ3) is 3.83. The number of halogens is 2. The van der Waals surface area contributed by atoms with Gasteiger partial charge < -0.3 is 10.4 Å². The maximum absolute atomic E-state index is 13.5. The molecule has 0 saturated heterocycles. The van der Waals surface area contributed by atoms with E-state index in [1.165, 1.54) is 12.1 Å². The van der Waals surface area contributed by atoms with Gasteiger partial charge in [0.2, 0.25) is 0 Å². The molecule has 22 heavy (non-hydrogen) atoms. The molecule has 0 saturated carbocycles. The summed E-state index contributed by atoms with van der Waals surface area (Å²) >= 11 is 5.67. The summed E-state index contributed by atoms with van der Waals surface area (Å²) in [6.07, 6.45) is 0. The van der Waals surface area contributed by atoms with E-state index in [0.29, 0.717) is 11.1 Å². The second-order valence-electron chi connectivity index (χ2n) is 5.03. The van der Waals surface area contributed by atoms with E-state index in [2.05, 4.69) is 11.4 Å². The highest BCUT2D eigenvalue weighted by molar-refractivity contribution is 6.30. The monoisotopic (exact) mass is 318 g/mol. The number of aliphatic hydroxyl groups excluding tert-OH is 1. The first-order valence-corrected chi connectivity index (χ1v) is 7.25. The molecule has 2 rings (SSSR count). The Kier molecular flexibility index (Phi) is 5.51.